The second kappa shape index (κ2) is 9.91. The highest BCUT2D eigenvalue weighted by Gasteiger charge is 2.68. The number of methoxy groups -OCH3 is 1. The number of imide groups is 2. The van der Waals surface area contributed by atoms with Crippen molar-refractivity contribution in [2.24, 2.45) is 29.1 Å². The molecule has 0 radical (unpaired) electrons. The molecule has 1 saturated carbocycles. The number of carbonyl (C=O) groups is 4. The lowest BCUT2D eigenvalue weighted by atomic mass is 9.51. The first-order valence-corrected chi connectivity index (χ1v) is 15.1. The van der Waals surface area contributed by atoms with Gasteiger partial charge in [0.1, 0.15) is 0 Å². The Morgan fingerprint density at radius 2 is 1.53 bits per heavy atom. The van der Waals surface area contributed by atoms with E-state index >= 15 is 0 Å². The Bertz CT molecular complexity index is 1720. The molecule has 0 unspecified atom stereocenters. The van der Waals surface area contributed by atoms with Crippen molar-refractivity contribution < 1.29 is 29.0 Å². The van der Waals surface area contributed by atoms with Crippen LogP contribution in [-0.2, 0) is 19.2 Å². The van der Waals surface area contributed by atoms with Crippen LogP contribution in [-0.4, -0.2) is 35.8 Å². The zero-order valence-corrected chi connectivity index (χ0v) is 25.2. The normalized spacial score (nSPS) is 29.7. The van der Waals surface area contributed by atoms with Gasteiger partial charge in [-0.2, -0.15) is 0 Å². The fourth-order valence-electron chi connectivity index (χ4n) is 7.96. The van der Waals surface area contributed by atoms with Crippen LogP contribution < -0.4 is 14.5 Å². The average molecular weight is 642 g/mol. The molecule has 1 N–H and O–H groups in total. The van der Waals surface area contributed by atoms with Crippen LogP contribution in [0.15, 0.2) is 88.9 Å². The van der Waals surface area contributed by atoms with Crippen molar-refractivity contribution >= 4 is 50.9 Å². The SMILES string of the molecule is COc1cccc([C@H]2C3=CC[C@@H]4C(=O)N(c5ccc(Br)cc5)C(=O)[C@@H]4[C@@H]3C[C@H]3C(=O)N(c4ccccc4)C(=O)[C@@]23C)c1O. The molecule has 0 aromatic heterocycles. The van der Waals surface area contributed by atoms with E-state index in [1.807, 2.05) is 12.1 Å². The van der Waals surface area contributed by atoms with E-state index in [9.17, 15) is 24.3 Å². The number of nitrogens with zero attached hydrogens (tertiary/aromatic N) is 2. The van der Waals surface area contributed by atoms with Gasteiger partial charge >= 0.3 is 0 Å². The van der Waals surface area contributed by atoms with E-state index in [-0.39, 0.29) is 41.5 Å². The van der Waals surface area contributed by atoms with Gasteiger partial charge in [-0.25, -0.2) is 4.90 Å². The van der Waals surface area contributed by atoms with Crippen LogP contribution in [0.1, 0.15) is 31.2 Å². The maximum Gasteiger partial charge on any atom is 0.241 e. The highest BCUT2D eigenvalue weighted by molar-refractivity contribution is 9.10. The average Bonchev–Trinajstić information content (AvgIpc) is 3.38. The van der Waals surface area contributed by atoms with Gasteiger partial charge in [-0.05, 0) is 68.1 Å². The van der Waals surface area contributed by atoms with Gasteiger partial charge in [0.15, 0.2) is 11.5 Å². The summed E-state index contributed by atoms with van der Waals surface area (Å²) < 4.78 is 6.26. The molecule has 0 bridgehead atoms. The second-order valence-corrected chi connectivity index (χ2v) is 12.8. The van der Waals surface area contributed by atoms with Crippen LogP contribution in [0, 0.1) is 29.1 Å². The minimum Gasteiger partial charge on any atom is -0.504 e. The largest absolute Gasteiger partial charge is 0.504 e. The van der Waals surface area contributed by atoms with Crippen LogP contribution in [0.4, 0.5) is 11.4 Å². The van der Waals surface area contributed by atoms with Gasteiger partial charge in [0.2, 0.25) is 23.6 Å². The Morgan fingerprint density at radius 3 is 2.23 bits per heavy atom. The van der Waals surface area contributed by atoms with Crippen molar-refractivity contribution in [1.82, 2.24) is 0 Å². The van der Waals surface area contributed by atoms with Gasteiger partial charge in [-0.3, -0.25) is 24.1 Å². The summed E-state index contributed by atoms with van der Waals surface area (Å²) in [5.41, 5.74) is 0.991. The number of para-hydroxylation sites is 2. The number of ether oxygens (including phenoxy) is 1. The maximum atomic E-state index is 14.4. The molecule has 6 atom stereocenters. The highest BCUT2D eigenvalue weighted by Crippen LogP contribution is 2.64. The zero-order chi connectivity index (χ0) is 30.2. The van der Waals surface area contributed by atoms with Gasteiger partial charge in [-0.15, -0.1) is 0 Å². The quantitative estimate of drug-likeness (QED) is 0.294. The van der Waals surface area contributed by atoms with E-state index in [0.29, 0.717) is 23.4 Å². The van der Waals surface area contributed by atoms with E-state index in [2.05, 4.69) is 15.9 Å². The summed E-state index contributed by atoms with van der Waals surface area (Å²) in [5, 5.41) is 11.4. The molecular weight excluding hydrogens is 612 g/mol. The summed E-state index contributed by atoms with van der Waals surface area (Å²) in [6.07, 6.45) is 2.53. The van der Waals surface area contributed by atoms with E-state index in [1.165, 1.54) is 16.9 Å². The minimum atomic E-state index is -1.25. The summed E-state index contributed by atoms with van der Waals surface area (Å²) in [6, 6.07) is 21.0. The summed E-state index contributed by atoms with van der Waals surface area (Å²) in [7, 11) is 1.46. The maximum absolute atomic E-state index is 14.4. The molecule has 3 fully saturated rings. The summed E-state index contributed by atoms with van der Waals surface area (Å²) in [4.78, 5) is 59.0. The van der Waals surface area contributed by atoms with Crippen molar-refractivity contribution in [3.05, 3.63) is 94.5 Å². The molecule has 2 heterocycles. The van der Waals surface area contributed by atoms with Crippen LogP contribution in [0.3, 0.4) is 0 Å². The number of halogens is 1. The molecule has 2 aliphatic heterocycles. The van der Waals surface area contributed by atoms with Gasteiger partial charge in [0, 0.05) is 16.0 Å². The lowest BCUT2D eigenvalue weighted by molar-refractivity contribution is -0.131. The first-order chi connectivity index (χ1) is 20.7. The number of hydrogen-bond acceptors (Lipinski definition) is 6. The summed E-state index contributed by atoms with van der Waals surface area (Å²) >= 11 is 3.41. The predicted molar refractivity (Wildman–Crippen MR) is 162 cm³/mol. The molecule has 8 nitrogen and oxygen atoms in total. The topological polar surface area (TPSA) is 104 Å². The fourth-order valence-corrected chi connectivity index (χ4v) is 8.23. The van der Waals surface area contributed by atoms with Crippen LogP contribution in [0.25, 0.3) is 0 Å². The van der Waals surface area contributed by atoms with Crippen LogP contribution in [0.2, 0.25) is 0 Å². The third-order valence-corrected chi connectivity index (χ3v) is 10.5. The predicted octanol–water partition coefficient (Wildman–Crippen LogP) is 5.60. The first-order valence-electron chi connectivity index (χ1n) is 14.3. The standard InChI is InChI=1S/C34H29BrN2O6/c1-34-25(31(40)37(33(34)42)19-7-4-3-5-8-19)17-24-21(28(34)23-9-6-10-26(43-2)29(23)38)15-16-22-27(24)32(41)36(30(22)39)20-13-11-18(35)12-14-20/h3-15,22,24-25,27-28,38H,16-17H2,1-2H3/t22-,24+,25-,27-,28+,34+/m0/s1. The number of rotatable bonds is 4. The van der Waals surface area contributed by atoms with Gasteiger partial charge in [0.25, 0.3) is 0 Å². The number of hydrogen-bond donors (Lipinski definition) is 1. The first kappa shape index (κ1) is 27.6. The van der Waals surface area contributed by atoms with Crippen molar-refractivity contribution in [2.75, 3.05) is 16.9 Å². The number of phenolic OH excluding ortho intramolecular Hbond substituents is 1. The van der Waals surface area contributed by atoms with Crippen molar-refractivity contribution in [3.63, 3.8) is 0 Å². The Kier molecular flexibility index (Phi) is 6.36. The van der Waals surface area contributed by atoms with E-state index in [1.54, 1.807) is 73.7 Å². The van der Waals surface area contributed by atoms with Gasteiger partial charge < -0.3 is 9.84 Å². The Balaban J connectivity index is 1.39. The second-order valence-electron chi connectivity index (χ2n) is 11.9. The number of anilines is 2. The lowest BCUT2D eigenvalue weighted by Crippen LogP contribution is -2.48. The molecule has 43 heavy (non-hydrogen) atoms. The number of allylic oxidation sites excluding steroid dienone is 2. The highest BCUT2D eigenvalue weighted by atomic mass is 79.9. The van der Waals surface area contributed by atoms with Gasteiger partial charge in [0.05, 0.1) is 41.7 Å². The molecule has 218 valence electrons. The molecule has 0 spiro atoms. The molecule has 4 amide bonds. The number of carbonyl (C=O) groups excluding carboxylic acids is 4. The molecule has 3 aromatic rings. The number of aromatic hydroxyl groups is 1. The molecule has 4 aliphatic rings. The smallest absolute Gasteiger partial charge is 0.241 e. The van der Waals surface area contributed by atoms with Crippen molar-refractivity contribution in [2.45, 2.75) is 25.7 Å². The van der Waals surface area contributed by atoms with Crippen LogP contribution >= 0.6 is 15.9 Å². The van der Waals surface area contributed by atoms with E-state index in [4.69, 9.17) is 4.74 Å². The Labute approximate surface area is 257 Å². The van der Waals surface area contributed by atoms with Gasteiger partial charge in [-0.1, -0.05) is 57.9 Å². The Morgan fingerprint density at radius 1 is 0.837 bits per heavy atom. The fraction of sp³-hybridized carbons (Fsp3) is 0.294. The molecule has 3 aromatic carbocycles. The van der Waals surface area contributed by atoms with E-state index < -0.39 is 35.0 Å². The lowest BCUT2D eigenvalue weighted by Gasteiger charge is -2.49. The summed E-state index contributed by atoms with van der Waals surface area (Å²) in [6.45, 7) is 1.79. The number of phenols is 1. The molecule has 2 saturated heterocycles. The number of amides is 4. The van der Waals surface area contributed by atoms with E-state index in [0.717, 1.165) is 10.0 Å². The molecule has 7 rings (SSSR count). The third-order valence-electron chi connectivity index (χ3n) is 9.94. The monoisotopic (exact) mass is 640 g/mol. The molecule has 9 heteroatoms. The van der Waals surface area contributed by atoms with Crippen molar-refractivity contribution in [3.8, 4) is 11.5 Å². The third kappa shape index (κ3) is 3.80. The summed E-state index contributed by atoms with van der Waals surface area (Å²) in [5.74, 6) is -4.36. The molecular formula is C34H29BrN2O6. The minimum absolute atomic E-state index is 0.109. The van der Waals surface area contributed by atoms with Crippen molar-refractivity contribution in [1.29, 1.82) is 0 Å². The van der Waals surface area contributed by atoms with Crippen LogP contribution in [0.5, 0.6) is 11.5 Å². The Hall–Kier alpha value is -4.24. The zero-order valence-electron chi connectivity index (χ0n) is 23.6. The number of benzene rings is 3. The molecule has 2 aliphatic carbocycles. The number of fused-ring (bicyclic) bond motifs is 4.